The van der Waals surface area contributed by atoms with Crippen LogP contribution in [0.1, 0.15) is 24.0 Å². The van der Waals surface area contributed by atoms with Gasteiger partial charge in [-0.25, -0.2) is 0 Å². The number of ether oxygens (including phenoxy) is 1. The third-order valence-corrected chi connectivity index (χ3v) is 3.53. The van der Waals surface area contributed by atoms with Crippen LogP contribution in [0.5, 0.6) is 5.75 Å². The summed E-state index contributed by atoms with van der Waals surface area (Å²) in [5.74, 6) is 0.949. The molecule has 1 rings (SSSR count). The smallest absolute Gasteiger partial charge is 0.119 e. The predicted molar refractivity (Wildman–Crippen MR) is 67.4 cm³/mol. The van der Waals surface area contributed by atoms with Crippen LogP contribution in [-0.4, -0.2) is 13.2 Å². The summed E-state index contributed by atoms with van der Waals surface area (Å²) in [6.45, 7) is 5.63. The van der Waals surface area contributed by atoms with Gasteiger partial charge in [0.05, 0.1) is 6.61 Å². The maximum atomic E-state index is 5.65. The second-order valence-electron chi connectivity index (χ2n) is 3.72. The van der Waals surface area contributed by atoms with Crippen LogP contribution >= 0.6 is 15.9 Å². The average Bonchev–Trinajstić information content (AvgIpc) is 2.21. The fraction of sp³-hybridized carbons (Fsp3) is 0.500. The molecule has 0 aliphatic carbocycles. The molecule has 0 aliphatic rings. The molecule has 84 valence electrons. The molecule has 0 aromatic heterocycles. The Labute approximate surface area is 99.9 Å². The Hall–Kier alpha value is -0.540. The van der Waals surface area contributed by atoms with Gasteiger partial charge in [0, 0.05) is 4.47 Å². The van der Waals surface area contributed by atoms with Gasteiger partial charge in [-0.3, -0.25) is 0 Å². The summed E-state index contributed by atoms with van der Waals surface area (Å²) in [5.41, 5.74) is 7.84. The lowest BCUT2D eigenvalue weighted by atomic mass is 10.1. The SMILES string of the molecule is Cc1cc(OCCCCN)cc(C)c1Br. The Morgan fingerprint density at radius 3 is 2.33 bits per heavy atom. The lowest BCUT2D eigenvalue weighted by Crippen LogP contribution is -2.03. The molecule has 0 unspecified atom stereocenters. The number of halogens is 1. The van der Waals surface area contributed by atoms with Crippen molar-refractivity contribution in [3.63, 3.8) is 0 Å². The molecule has 2 N–H and O–H groups in total. The van der Waals surface area contributed by atoms with Gasteiger partial charge in [-0.05, 0) is 56.5 Å². The van der Waals surface area contributed by atoms with Crippen molar-refractivity contribution in [2.75, 3.05) is 13.2 Å². The van der Waals surface area contributed by atoms with Crippen LogP contribution in [0.15, 0.2) is 16.6 Å². The van der Waals surface area contributed by atoms with E-state index < -0.39 is 0 Å². The van der Waals surface area contributed by atoms with Gasteiger partial charge in [0.1, 0.15) is 5.75 Å². The standard InChI is InChI=1S/C12H18BrNO/c1-9-7-11(8-10(2)12(9)13)15-6-4-3-5-14/h7-8H,3-6,14H2,1-2H3. The Morgan fingerprint density at radius 2 is 1.80 bits per heavy atom. The number of aryl methyl sites for hydroxylation is 2. The maximum Gasteiger partial charge on any atom is 0.119 e. The number of hydrogen-bond donors (Lipinski definition) is 1. The van der Waals surface area contributed by atoms with Gasteiger partial charge >= 0.3 is 0 Å². The number of rotatable bonds is 5. The first-order chi connectivity index (χ1) is 7.15. The van der Waals surface area contributed by atoms with Crippen molar-refractivity contribution >= 4 is 15.9 Å². The first-order valence-electron chi connectivity index (χ1n) is 5.24. The highest BCUT2D eigenvalue weighted by Crippen LogP contribution is 2.26. The first kappa shape index (κ1) is 12.5. The maximum absolute atomic E-state index is 5.65. The van der Waals surface area contributed by atoms with E-state index >= 15 is 0 Å². The molecule has 0 saturated carbocycles. The number of nitrogens with two attached hydrogens (primary N) is 1. The molecule has 0 aliphatic heterocycles. The zero-order chi connectivity index (χ0) is 11.3. The number of unbranched alkanes of at least 4 members (excludes halogenated alkanes) is 1. The number of hydrogen-bond acceptors (Lipinski definition) is 2. The molecule has 3 heteroatoms. The van der Waals surface area contributed by atoms with Crippen LogP contribution in [-0.2, 0) is 0 Å². The first-order valence-corrected chi connectivity index (χ1v) is 6.04. The van der Waals surface area contributed by atoms with E-state index in [1.807, 2.05) is 0 Å². The van der Waals surface area contributed by atoms with E-state index in [0.29, 0.717) is 0 Å². The van der Waals surface area contributed by atoms with Crippen LogP contribution in [0.25, 0.3) is 0 Å². The van der Waals surface area contributed by atoms with Crippen molar-refractivity contribution in [2.45, 2.75) is 26.7 Å². The largest absolute Gasteiger partial charge is 0.494 e. The molecule has 0 saturated heterocycles. The molecule has 0 heterocycles. The molecule has 0 spiro atoms. The molecule has 0 radical (unpaired) electrons. The van der Waals surface area contributed by atoms with Crippen LogP contribution < -0.4 is 10.5 Å². The fourth-order valence-electron chi connectivity index (χ4n) is 1.43. The average molecular weight is 272 g/mol. The van der Waals surface area contributed by atoms with Gasteiger partial charge in [0.2, 0.25) is 0 Å². The van der Waals surface area contributed by atoms with Crippen molar-refractivity contribution in [1.82, 2.24) is 0 Å². The quantitative estimate of drug-likeness (QED) is 0.835. The van der Waals surface area contributed by atoms with Crippen molar-refractivity contribution in [2.24, 2.45) is 5.73 Å². The number of benzene rings is 1. The fourth-order valence-corrected chi connectivity index (χ4v) is 1.65. The minimum Gasteiger partial charge on any atom is -0.494 e. The van der Waals surface area contributed by atoms with E-state index in [1.54, 1.807) is 0 Å². The van der Waals surface area contributed by atoms with Gasteiger partial charge in [0.25, 0.3) is 0 Å². The van der Waals surface area contributed by atoms with Gasteiger partial charge < -0.3 is 10.5 Å². The Bertz CT molecular complexity index is 302. The predicted octanol–water partition coefficient (Wildman–Crippen LogP) is 3.18. The third kappa shape index (κ3) is 3.84. The Morgan fingerprint density at radius 1 is 1.20 bits per heavy atom. The second kappa shape index (κ2) is 6.13. The molecule has 15 heavy (non-hydrogen) atoms. The van der Waals surface area contributed by atoms with Crippen LogP contribution in [0.4, 0.5) is 0 Å². The lowest BCUT2D eigenvalue weighted by Gasteiger charge is -2.09. The topological polar surface area (TPSA) is 35.2 Å². The summed E-state index contributed by atoms with van der Waals surface area (Å²) in [4.78, 5) is 0. The normalized spacial score (nSPS) is 10.4. The minimum absolute atomic E-state index is 0.738. The lowest BCUT2D eigenvalue weighted by molar-refractivity contribution is 0.307. The Balaban J connectivity index is 2.55. The van der Waals surface area contributed by atoms with E-state index in [1.165, 1.54) is 11.1 Å². The molecule has 1 aromatic carbocycles. The van der Waals surface area contributed by atoms with Crippen molar-refractivity contribution in [3.8, 4) is 5.75 Å². The van der Waals surface area contributed by atoms with Crippen LogP contribution in [0, 0.1) is 13.8 Å². The summed E-state index contributed by atoms with van der Waals surface area (Å²) in [6, 6.07) is 4.11. The van der Waals surface area contributed by atoms with E-state index in [2.05, 4.69) is 41.9 Å². The molecule has 2 nitrogen and oxygen atoms in total. The van der Waals surface area contributed by atoms with Crippen molar-refractivity contribution in [1.29, 1.82) is 0 Å². The molecular weight excluding hydrogens is 254 g/mol. The highest BCUT2D eigenvalue weighted by atomic mass is 79.9. The van der Waals surface area contributed by atoms with E-state index in [-0.39, 0.29) is 0 Å². The molecular formula is C12H18BrNO. The van der Waals surface area contributed by atoms with Gasteiger partial charge in [-0.1, -0.05) is 15.9 Å². The molecule has 0 amide bonds. The highest BCUT2D eigenvalue weighted by molar-refractivity contribution is 9.10. The summed E-state index contributed by atoms with van der Waals surface area (Å²) in [6.07, 6.45) is 2.04. The van der Waals surface area contributed by atoms with E-state index in [9.17, 15) is 0 Å². The summed E-state index contributed by atoms with van der Waals surface area (Å²) >= 11 is 3.53. The summed E-state index contributed by atoms with van der Waals surface area (Å²) in [7, 11) is 0. The van der Waals surface area contributed by atoms with E-state index in [0.717, 1.165) is 36.2 Å². The molecule has 1 aromatic rings. The molecule has 0 bridgehead atoms. The van der Waals surface area contributed by atoms with E-state index in [4.69, 9.17) is 10.5 Å². The summed E-state index contributed by atoms with van der Waals surface area (Å²) in [5, 5.41) is 0. The van der Waals surface area contributed by atoms with Crippen molar-refractivity contribution in [3.05, 3.63) is 27.7 Å². The van der Waals surface area contributed by atoms with Crippen LogP contribution in [0.3, 0.4) is 0 Å². The second-order valence-corrected chi connectivity index (χ2v) is 4.51. The molecule has 0 atom stereocenters. The van der Waals surface area contributed by atoms with Gasteiger partial charge in [-0.15, -0.1) is 0 Å². The van der Waals surface area contributed by atoms with Gasteiger partial charge in [0.15, 0.2) is 0 Å². The zero-order valence-corrected chi connectivity index (χ0v) is 10.9. The van der Waals surface area contributed by atoms with Gasteiger partial charge in [-0.2, -0.15) is 0 Å². The third-order valence-electron chi connectivity index (χ3n) is 2.28. The zero-order valence-electron chi connectivity index (χ0n) is 9.35. The van der Waals surface area contributed by atoms with Crippen molar-refractivity contribution < 1.29 is 4.74 Å². The summed E-state index contributed by atoms with van der Waals surface area (Å²) < 4.78 is 6.81. The molecule has 0 fully saturated rings. The minimum atomic E-state index is 0.738. The monoisotopic (exact) mass is 271 g/mol. The highest BCUT2D eigenvalue weighted by Gasteiger charge is 2.02. The van der Waals surface area contributed by atoms with Crippen LogP contribution in [0.2, 0.25) is 0 Å². The Kier molecular flexibility index (Phi) is 5.12.